The molecular formula is C28H41N3O. The maximum Gasteiger partial charge on any atom is 0.142 e. The molecule has 1 unspecified atom stereocenters. The number of nitrogens with one attached hydrogen (secondary N) is 2. The Morgan fingerprint density at radius 2 is 2.09 bits per heavy atom. The van der Waals surface area contributed by atoms with Gasteiger partial charge in [-0.2, -0.15) is 0 Å². The van der Waals surface area contributed by atoms with Gasteiger partial charge in [-0.15, -0.1) is 0 Å². The van der Waals surface area contributed by atoms with E-state index in [1.807, 2.05) is 19.2 Å². The van der Waals surface area contributed by atoms with E-state index in [-0.39, 0.29) is 6.10 Å². The van der Waals surface area contributed by atoms with Crippen LogP contribution in [0.25, 0.3) is 0 Å². The summed E-state index contributed by atoms with van der Waals surface area (Å²) in [6.45, 7) is 13.2. The third kappa shape index (κ3) is 8.51. The lowest BCUT2D eigenvalue weighted by Crippen LogP contribution is -2.23. The number of hydrogen-bond acceptors (Lipinski definition) is 4. The maximum absolute atomic E-state index is 6.38. The maximum atomic E-state index is 6.38. The normalized spacial score (nSPS) is 22.8. The first-order valence-electron chi connectivity index (χ1n) is 12.0. The highest BCUT2D eigenvalue weighted by atomic mass is 16.5. The molecule has 174 valence electrons. The van der Waals surface area contributed by atoms with Gasteiger partial charge in [-0.1, -0.05) is 62.3 Å². The van der Waals surface area contributed by atoms with Crippen LogP contribution in [-0.2, 0) is 4.74 Å². The summed E-state index contributed by atoms with van der Waals surface area (Å²) in [6.07, 6.45) is 23.5. The fourth-order valence-corrected chi connectivity index (χ4v) is 3.40. The molecule has 4 nitrogen and oxygen atoms in total. The molecule has 0 aromatic rings. The first-order valence-corrected chi connectivity index (χ1v) is 12.0. The van der Waals surface area contributed by atoms with Crippen LogP contribution in [0.4, 0.5) is 0 Å². The molecule has 1 aliphatic carbocycles. The number of nitrogens with zero attached hydrogens (tertiary/aromatic N) is 1. The molecule has 2 N–H and O–H groups in total. The first-order chi connectivity index (χ1) is 15.6. The number of unbranched alkanes of at least 4 members (excludes halogenated alkanes) is 1. The van der Waals surface area contributed by atoms with Crippen LogP contribution in [0.2, 0.25) is 0 Å². The topological polar surface area (TPSA) is 45.7 Å². The summed E-state index contributed by atoms with van der Waals surface area (Å²) in [5.74, 6) is 0.903. The average molecular weight is 436 g/mol. The van der Waals surface area contributed by atoms with Gasteiger partial charge in [0.15, 0.2) is 0 Å². The van der Waals surface area contributed by atoms with Crippen LogP contribution in [0.5, 0.6) is 0 Å². The zero-order valence-electron chi connectivity index (χ0n) is 20.6. The van der Waals surface area contributed by atoms with Gasteiger partial charge >= 0.3 is 0 Å². The van der Waals surface area contributed by atoms with Gasteiger partial charge < -0.3 is 15.4 Å². The Kier molecular flexibility index (Phi) is 11.6. The van der Waals surface area contributed by atoms with Crippen LogP contribution in [0.15, 0.2) is 88.0 Å². The summed E-state index contributed by atoms with van der Waals surface area (Å²) in [5, 5.41) is 6.98. The third-order valence-electron chi connectivity index (χ3n) is 5.53. The van der Waals surface area contributed by atoms with Crippen molar-refractivity contribution in [3.63, 3.8) is 0 Å². The Hall–Kier alpha value is -2.59. The van der Waals surface area contributed by atoms with Crippen molar-refractivity contribution in [2.45, 2.75) is 66.4 Å². The van der Waals surface area contributed by atoms with Crippen molar-refractivity contribution >= 4 is 5.71 Å². The van der Waals surface area contributed by atoms with Gasteiger partial charge in [0, 0.05) is 19.3 Å². The van der Waals surface area contributed by atoms with E-state index >= 15 is 0 Å². The Morgan fingerprint density at radius 3 is 2.75 bits per heavy atom. The van der Waals surface area contributed by atoms with Crippen LogP contribution < -0.4 is 10.6 Å². The van der Waals surface area contributed by atoms with Crippen molar-refractivity contribution in [1.29, 1.82) is 0 Å². The lowest BCUT2D eigenvalue weighted by molar-refractivity contribution is 0.137. The number of hydrogen-bond donors (Lipinski definition) is 2. The molecule has 1 aliphatic heterocycles. The predicted molar refractivity (Wildman–Crippen MR) is 139 cm³/mol. The molecule has 1 saturated heterocycles. The zero-order valence-corrected chi connectivity index (χ0v) is 20.6. The average Bonchev–Trinajstić information content (AvgIpc) is 3.33. The molecule has 32 heavy (non-hydrogen) atoms. The highest BCUT2D eigenvalue weighted by Crippen LogP contribution is 2.19. The molecule has 1 atom stereocenters. The summed E-state index contributed by atoms with van der Waals surface area (Å²) in [4.78, 5) is 4.64. The van der Waals surface area contributed by atoms with Crippen LogP contribution in [0, 0.1) is 0 Å². The van der Waals surface area contributed by atoms with Crippen molar-refractivity contribution in [3.05, 3.63) is 83.0 Å². The number of allylic oxidation sites excluding steroid dienone is 9. The van der Waals surface area contributed by atoms with Crippen molar-refractivity contribution < 1.29 is 4.74 Å². The molecule has 2 aliphatic rings. The number of rotatable bonds is 11. The van der Waals surface area contributed by atoms with E-state index in [9.17, 15) is 0 Å². The molecule has 4 heteroatoms. The van der Waals surface area contributed by atoms with E-state index in [2.05, 4.69) is 85.9 Å². The van der Waals surface area contributed by atoms with Crippen molar-refractivity contribution in [1.82, 2.24) is 10.6 Å². The van der Waals surface area contributed by atoms with Gasteiger partial charge in [-0.05, 0) is 69.9 Å². The van der Waals surface area contributed by atoms with Gasteiger partial charge in [-0.3, -0.25) is 4.99 Å². The highest BCUT2D eigenvalue weighted by Gasteiger charge is 2.19. The molecular weight excluding hydrogens is 394 g/mol. The van der Waals surface area contributed by atoms with Gasteiger partial charge in [0.1, 0.15) is 11.9 Å². The summed E-state index contributed by atoms with van der Waals surface area (Å²) in [6, 6.07) is 0. The van der Waals surface area contributed by atoms with Crippen LogP contribution in [0.1, 0.15) is 60.3 Å². The molecule has 0 amide bonds. The van der Waals surface area contributed by atoms with E-state index in [0.29, 0.717) is 6.54 Å². The predicted octanol–water partition coefficient (Wildman–Crippen LogP) is 6.30. The molecule has 2 rings (SSSR count). The number of aliphatic imine (C=N–C) groups is 1. The Bertz CT molecular complexity index is 844. The molecule has 1 heterocycles. The quantitative estimate of drug-likeness (QED) is 0.296. The van der Waals surface area contributed by atoms with E-state index in [1.165, 1.54) is 16.7 Å². The van der Waals surface area contributed by atoms with E-state index < -0.39 is 0 Å². The van der Waals surface area contributed by atoms with Crippen LogP contribution >= 0.6 is 0 Å². The minimum Gasteiger partial charge on any atom is -0.487 e. The molecule has 0 radical (unpaired) electrons. The molecule has 1 fully saturated rings. The van der Waals surface area contributed by atoms with Crippen molar-refractivity contribution in [2.75, 3.05) is 19.6 Å². The zero-order chi connectivity index (χ0) is 23.2. The smallest absolute Gasteiger partial charge is 0.142 e. The van der Waals surface area contributed by atoms with Gasteiger partial charge in [0.05, 0.1) is 11.4 Å². The van der Waals surface area contributed by atoms with E-state index in [4.69, 9.17) is 4.74 Å². The monoisotopic (exact) mass is 435 g/mol. The summed E-state index contributed by atoms with van der Waals surface area (Å²) >= 11 is 0. The third-order valence-corrected chi connectivity index (χ3v) is 5.53. The second-order valence-electron chi connectivity index (χ2n) is 8.18. The fourth-order valence-electron chi connectivity index (χ4n) is 3.40. The van der Waals surface area contributed by atoms with Gasteiger partial charge in [0.2, 0.25) is 0 Å². The largest absolute Gasteiger partial charge is 0.487 e. The Labute approximate surface area is 195 Å². The number of ether oxygens (including phenoxy) is 1. The van der Waals surface area contributed by atoms with Crippen LogP contribution in [-0.4, -0.2) is 31.4 Å². The fraction of sp³-hybridized carbons (Fsp3) is 0.464. The molecule has 0 aromatic carbocycles. The Balaban J connectivity index is 2.16. The lowest BCUT2D eigenvalue weighted by Gasteiger charge is -2.20. The molecule has 0 spiro atoms. The van der Waals surface area contributed by atoms with Crippen LogP contribution in [0.3, 0.4) is 0 Å². The first kappa shape index (κ1) is 25.7. The minimum atomic E-state index is 0.216. The molecule has 0 aromatic heterocycles. The summed E-state index contributed by atoms with van der Waals surface area (Å²) < 4.78 is 6.38. The molecule has 0 bridgehead atoms. The minimum absolute atomic E-state index is 0.216. The second-order valence-corrected chi connectivity index (χ2v) is 8.18. The SMILES string of the molecule is C\C=C/N=C1\C=C(CNC(=C/C)/C(=C\C=C(/C)CC)OC2CCNC2)C=C\C1=C/CCC. The second kappa shape index (κ2) is 14.5. The van der Waals surface area contributed by atoms with E-state index in [0.717, 1.165) is 55.9 Å². The van der Waals surface area contributed by atoms with Crippen molar-refractivity contribution in [2.24, 2.45) is 4.99 Å². The van der Waals surface area contributed by atoms with Crippen molar-refractivity contribution in [3.8, 4) is 0 Å². The highest BCUT2D eigenvalue weighted by molar-refractivity contribution is 6.12. The van der Waals surface area contributed by atoms with Gasteiger partial charge in [0.25, 0.3) is 0 Å². The summed E-state index contributed by atoms with van der Waals surface area (Å²) in [5.41, 5.74) is 5.76. The van der Waals surface area contributed by atoms with Gasteiger partial charge in [-0.25, -0.2) is 0 Å². The lowest BCUT2D eigenvalue weighted by atomic mass is 9.98. The van der Waals surface area contributed by atoms with E-state index in [1.54, 1.807) is 0 Å². The summed E-state index contributed by atoms with van der Waals surface area (Å²) in [7, 11) is 0. The molecule has 0 saturated carbocycles. The standard InChI is InChI=1S/C28H41N3O/c1-6-10-11-24-14-13-23(19-27(24)30-17-7-2)20-31-26(9-4)28(15-12-22(5)8-3)32-25-16-18-29-21-25/h7,9,11-15,17,19,25,29,31H,6,8,10,16,18,20-21H2,1-5H3/b17-7-,22-12+,24-11+,26-9+,28-15+,30-27+. The Morgan fingerprint density at radius 1 is 1.25 bits per heavy atom.